The molecule has 1 aromatic carbocycles. The topological polar surface area (TPSA) is 131 Å². The second-order valence-corrected chi connectivity index (χ2v) is 6.82. The summed E-state index contributed by atoms with van der Waals surface area (Å²) in [5.41, 5.74) is 3.30. The zero-order valence-electron chi connectivity index (χ0n) is 16.2. The molecule has 1 aliphatic heterocycles. The molecule has 1 aliphatic rings. The number of halogens is 3. The lowest BCUT2D eigenvalue weighted by Gasteiger charge is -2.29. The van der Waals surface area contributed by atoms with E-state index in [0.29, 0.717) is 6.07 Å². The largest absolute Gasteiger partial charge is 0.418 e. The van der Waals surface area contributed by atoms with Gasteiger partial charge in [0.1, 0.15) is 6.61 Å². The molecule has 0 radical (unpaired) electrons. The molecule has 12 heteroatoms. The minimum Gasteiger partial charge on any atom is -0.370 e. The summed E-state index contributed by atoms with van der Waals surface area (Å²) in [5.74, 6) is -4.09. The lowest BCUT2D eigenvalue weighted by molar-refractivity contribution is -0.137. The van der Waals surface area contributed by atoms with Gasteiger partial charge in [0.05, 0.1) is 17.9 Å². The molecule has 1 heterocycles. The molecule has 30 heavy (non-hydrogen) atoms. The van der Waals surface area contributed by atoms with E-state index in [2.05, 4.69) is 10.6 Å². The van der Waals surface area contributed by atoms with E-state index in [9.17, 15) is 32.3 Å². The number of hydrogen-bond donors (Lipinski definition) is 3. The van der Waals surface area contributed by atoms with E-state index in [4.69, 9.17) is 10.5 Å². The van der Waals surface area contributed by atoms with Crippen LogP contribution in [0.2, 0.25) is 0 Å². The molecule has 0 aliphatic carbocycles. The maximum Gasteiger partial charge on any atom is 0.418 e. The smallest absolute Gasteiger partial charge is 0.370 e. The number of nitrogens with two attached hydrogens (primary N) is 1. The van der Waals surface area contributed by atoms with Crippen LogP contribution in [0.1, 0.15) is 19.4 Å². The van der Waals surface area contributed by atoms with Gasteiger partial charge in [0.15, 0.2) is 6.04 Å². The number of carbonyl (C=O) groups excluding carboxylic acids is 4. The van der Waals surface area contributed by atoms with Crippen LogP contribution >= 0.6 is 0 Å². The lowest BCUT2D eigenvalue weighted by atomic mass is 10.1. The maximum atomic E-state index is 13.6. The number of amides is 4. The average Bonchev–Trinajstić information content (AvgIpc) is 2.65. The van der Waals surface area contributed by atoms with Gasteiger partial charge in [-0.25, -0.2) is 0 Å². The molecule has 0 spiro atoms. The van der Waals surface area contributed by atoms with Crippen LogP contribution in [0, 0.1) is 5.92 Å². The van der Waals surface area contributed by atoms with Gasteiger partial charge >= 0.3 is 6.18 Å². The van der Waals surface area contributed by atoms with Crippen molar-refractivity contribution in [1.82, 2.24) is 5.32 Å². The normalized spacial score (nSPS) is 15.7. The first kappa shape index (κ1) is 23.1. The number of benzene rings is 1. The summed E-state index contributed by atoms with van der Waals surface area (Å²) < 4.78 is 45.7. The number of ether oxygens (including phenoxy) is 1. The Morgan fingerprint density at radius 2 is 1.87 bits per heavy atom. The summed E-state index contributed by atoms with van der Waals surface area (Å²) in [6.45, 7) is 2.72. The van der Waals surface area contributed by atoms with Gasteiger partial charge in [-0.3, -0.25) is 19.2 Å². The number of carbonyl (C=O) groups is 4. The number of hydrogen-bond acceptors (Lipinski definition) is 5. The van der Waals surface area contributed by atoms with Crippen molar-refractivity contribution in [2.45, 2.75) is 26.1 Å². The Morgan fingerprint density at radius 3 is 2.40 bits per heavy atom. The summed E-state index contributed by atoms with van der Waals surface area (Å²) in [6, 6.07) is 1.05. The van der Waals surface area contributed by atoms with Gasteiger partial charge in [-0.2, -0.15) is 13.2 Å². The van der Waals surface area contributed by atoms with E-state index in [-0.39, 0.29) is 31.1 Å². The van der Waals surface area contributed by atoms with Gasteiger partial charge < -0.3 is 26.0 Å². The maximum absolute atomic E-state index is 13.6. The zero-order valence-corrected chi connectivity index (χ0v) is 16.2. The zero-order chi connectivity index (χ0) is 22.6. The highest BCUT2D eigenvalue weighted by Gasteiger charge is 2.37. The first-order valence-corrected chi connectivity index (χ1v) is 8.91. The third kappa shape index (κ3) is 5.47. The van der Waals surface area contributed by atoms with Gasteiger partial charge in [-0.05, 0) is 18.2 Å². The summed E-state index contributed by atoms with van der Waals surface area (Å²) >= 11 is 0. The Kier molecular flexibility index (Phi) is 7.03. The number of primary amides is 1. The predicted octanol–water partition coefficient (Wildman–Crippen LogP) is 0.633. The molecule has 4 amide bonds. The van der Waals surface area contributed by atoms with E-state index >= 15 is 0 Å². The molecular weight excluding hydrogens is 409 g/mol. The van der Waals surface area contributed by atoms with Gasteiger partial charge in [0.25, 0.3) is 11.8 Å². The predicted molar refractivity (Wildman–Crippen MR) is 99.2 cm³/mol. The van der Waals surface area contributed by atoms with Crippen LogP contribution < -0.4 is 21.3 Å². The minimum absolute atomic E-state index is 0.0569. The molecule has 4 N–H and O–H groups in total. The molecule has 1 fully saturated rings. The molecule has 1 saturated heterocycles. The van der Waals surface area contributed by atoms with Crippen LogP contribution in [0.15, 0.2) is 18.2 Å². The monoisotopic (exact) mass is 430 g/mol. The molecule has 1 atom stereocenters. The molecule has 0 aromatic heterocycles. The fourth-order valence-corrected chi connectivity index (χ4v) is 2.64. The fourth-order valence-electron chi connectivity index (χ4n) is 2.64. The first-order chi connectivity index (χ1) is 13.9. The number of rotatable bonds is 6. The molecular formula is C18H21F3N4O5. The highest BCUT2D eigenvalue weighted by atomic mass is 19.4. The van der Waals surface area contributed by atoms with Gasteiger partial charge in [0.2, 0.25) is 11.8 Å². The second-order valence-electron chi connectivity index (χ2n) is 6.82. The molecule has 0 bridgehead atoms. The first-order valence-electron chi connectivity index (χ1n) is 8.91. The van der Waals surface area contributed by atoms with Gasteiger partial charge in [0, 0.05) is 18.2 Å². The van der Waals surface area contributed by atoms with Crippen LogP contribution in [0.4, 0.5) is 24.5 Å². The molecule has 1 aromatic rings. The van der Waals surface area contributed by atoms with E-state index in [0.717, 1.165) is 17.0 Å². The van der Waals surface area contributed by atoms with Crippen molar-refractivity contribution in [3.63, 3.8) is 0 Å². The summed E-state index contributed by atoms with van der Waals surface area (Å²) in [7, 11) is 0. The molecule has 0 unspecified atom stereocenters. The SMILES string of the molecule is CC(C)C(=O)N[C@H](C(N)=O)C(=O)Nc1ccc(N2CCOCC2=O)c(C(F)(F)F)c1. The van der Waals surface area contributed by atoms with Gasteiger partial charge in [-0.15, -0.1) is 0 Å². The number of anilines is 2. The lowest BCUT2D eigenvalue weighted by Crippen LogP contribution is -2.52. The molecule has 0 saturated carbocycles. The molecule has 9 nitrogen and oxygen atoms in total. The third-order valence-electron chi connectivity index (χ3n) is 4.20. The van der Waals surface area contributed by atoms with Crippen molar-refractivity contribution in [3.8, 4) is 0 Å². The van der Waals surface area contributed by atoms with E-state index < -0.39 is 47.3 Å². The summed E-state index contributed by atoms with van der Waals surface area (Å²) in [6.07, 6.45) is -4.83. The summed E-state index contributed by atoms with van der Waals surface area (Å²) in [4.78, 5) is 48.5. The van der Waals surface area contributed by atoms with Crippen LogP contribution in [0.5, 0.6) is 0 Å². The number of nitrogens with zero attached hydrogens (tertiary/aromatic N) is 1. The summed E-state index contributed by atoms with van der Waals surface area (Å²) in [5, 5.41) is 4.27. The minimum atomic E-state index is -4.83. The van der Waals surface area contributed by atoms with Crippen LogP contribution in [0.3, 0.4) is 0 Å². The fraction of sp³-hybridized carbons (Fsp3) is 0.444. The standard InChI is InChI=1S/C18H21F3N4O5/c1-9(2)16(28)24-14(15(22)27)17(29)23-10-3-4-12(11(7-10)18(19,20)21)25-5-6-30-8-13(25)26/h3-4,7,9,14H,5-6,8H2,1-2H3,(H2,22,27)(H,23,29)(H,24,28)/t14-/m1/s1. The van der Waals surface area contributed by atoms with Crippen molar-refractivity contribution in [2.24, 2.45) is 11.7 Å². The highest BCUT2D eigenvalue weighted by molar-refractivity contribution is 6.11. The average molecular weight is 430 g/mol. The van der Waals surface area contributed by atoms with E-state index in [1.165, 1.54) is 13.8 Å². The Balaban J connectivity index is 2.31. The van der Waals surface area contributed by atoms with Crippen molar-refractivity contribution < 1.29 is 37.1 Å². The van der Waals surface area contributed by atoms with Crippen molar-refractivity contribution in [2.75, 3.05) is 30.0 Å². The molecule has 164 valence electrons. The van der Waals surface area contributed by atoms with E-state index in [1.807, 2.05) is 0 Å². The number of nitrogens with one attached hydrogen (secondary N) is 2. The number of morpholine rings is 1. The van der Waals surface area contributed by atoms with Crippen LogP contribution in [-0.4, -0.2) is 49.4 Å². The highest BCUT2D eigenvalue weighted by Crippen LogP contribution is 2.38. The van der Waals surface area contributed by atoms with E-state index in [1.54, 1.807) is 0 Å². The Hall–Kier alpha value is -3.15. The van der Waals surface area contributed by atoms with Crippen molar-refractivity contribution in [3.05, 3.63) is 23.8 Å². The second kappa shape index (κ2) is 9.11. The number of alkyl halides is 3. The Labute approximate surface area is 169 Å². The van der Waals surface area contributed by atoms with Crippen molar-refractivity contribution in [1.29, 1.82) is 0 Å². The Bertz CT molecular complexity index is 857. The third-order valence-corrected chi connectivity index (χ3v) is 4.20. The quantitative estimate of drug-likeness (QED) is 0.570. The van der Waals surface area contributed by atoms with Crippen molar-refractivity contribution >= 4 is 35.0 Å². The van der Waals surface area contributed by atoms with Crippen LogP contribution in [0.25, 0.3) is 0 Å². The van der Waals surface area contributed by atoms with Crippen LogP contribution in [-0.2, 0) is 30.1 Å². The molecule has 2 rings (SSSR count). The Morgan fingerprint density at radius 1 is 1.20 bits per heavy atom. The van der Waals surface area contributed by atoms with Gasteiger partial charge in [-0.1, -0.05) is 13.8 Å².